The minimum atomic E-state index is -0.744. The Labute approximate surface area is 143 Å². The second-order valence-electron chi connectivity index (χ2n) is 6.12. The van der Waals surface area contributed by atoms with Gasteiger partial charge in [-0.25, -0.2) is 0 Å². The van der Waals surface area contributed by atoms with E-state index in [0.717, 1.165) is 11.1 Å². The van der Waals surface area contributed by atoms with Gasteiger partial charge in [0.15, 0.2) is 6.10 Å². The number of rotatable bonds is 6. The van der Waals surface area contributed by atoms with E-state index in [1.807, 2.05) is 68.4 Å². The minimum Gasteiger partial charge on any atom is -0.481 e. The van der Waals surface area contributed by atoms with Crippen molar-refractivity contribution in [3.05, 3.63) is 65.7 Å². The van der Waals surface area contributed by atoms with Gasteiger partial charge in [-0.3, -0.25) is 4.79 Å². The Kier molecular flexibility index (Phi) is 5.99. The van der Waals surface area contributed by atoms with Gasteiger partial charge in [0.2, 0.25) is 0 Å². The molecule has 2 aromatic carbocycles. The number of ether oxygens (including phenoxy) is 1. The number of aliphatic hydroxyl groups excluding tert-OH is 1. The first kappa shape index (κ1) is 18.0. The van der Waals surface area contributed by atoms with E-state index in [0.29, 0.717) is 5.75 Å². The van der Waals surface area contributed by atoms with Crippen LogP contribution in [0.15, 0.2) is 54.6 Å². The van der Waals surface area contributed by atoms with Crippen LogP contribution in [0.2, 0.25) is 0 Å². The molecule has 0 aliphatic carbocycles. The molecule has 0 saturated heterocycles. The molecule has 0 aromatic heterocycles. The summed E-state index contributed by atoms with van der Waals surface area (Å²) in [6.45, 7) is 5.53. The lowest BCUT2D eigenvalue weighted by Crippen LogP contribution is -2.45. The van der Waals surface area contributed by atoms with Crippen molar-refractivity contribution < 1.29 is 14.6 Å². The molecule has 24 heavy (non-hydrogen) atoms. The van der Waals surface area contributed by atoms with Crippen molar-refractivity contribution in [1.82, 2.24) is 4.90 Å². The molecule has 1 amide bonds. The lowest BCUT2D eigenvalue weighted by molar-refractivity contribution is -0.140. The number of hydrogen-bond donors (Lipinski definition) is 1. The van der Waals surface area contributed by atoms with Gasteiger partial charge in [-0.2, -0.15) is 0 Å². The summed E-state index contributed by atoms with van der Waals surface area (Å²) in [5, 5.41) is 10.5. The average molecular weight is 327 g/mol. The van der Waals surface area contributed by atoms with Gasteiger partial charge in [-0.15, -0.1) is 0 Å². The van der Waals surface area contributed by atoms with Gasteiger partial charge in [-0.1, -0.05) is 42.5 Å². The molecule has 0 aliphatic heterocycles. The summed E-state index contributed by atoms with van der Waals surface area (Å²) in [5.41, 5.74) is 1.87. The number of carbonyl (C=O) groups excluding carboxylic acids is 1. The summed E-state index contributed by atoms with van der Waals surface area (Å²) in [5.74, 6) is 0.500. The maximum atomic E-state index is 12.6. The first-order valence-electron chi connectivity index (χ1n) is 8.13. The van der Waals surface area contributed by atoms with Crippen LogP contribution in [0.5, 0.6) is 5.75 Å². The van der Waals surface area contributed by atoms with Gasteiger partial charge in [0.25, 0.3) is 5.91 Å². The largest absolute Gasteiger partial charge is 0.481 e. The van der Waals surface area contributed by atoms with Gasteiger partial charge in [-0.05, 0) is 44.0 Å². The molecule has 3 unspecified atom stereocenters. The molecule has 2 rings (SSSR count). The van der Waals surface area contributed by atoms with Crippen molar-refractivity contribution in [2.24, 2.45) is 0 Å². The zero-order chi connectivity index (χ0) is 17.7. The Balaban J connectivity index is 2.02. The predicted molar refractivity (Wildman–Crippen MR) is 94.9 cm³/mol. The minimum absolute atomic E-state index is 0.168. The first-order chi connectivity index (χ1) is 11.4. The molecular weight excluding hydrogens is 302 g/mol. The van der Waals surface area contributed by atoms with Crippen molar-refractivity contribution >= 4 is 5.91 Å². The highest BCUT2D eigenvalue weighted by molar-refractivity contribution is 5.81. The summed E-state index contributed by atoms with van der Waals surface area (Å²) in [4.78, 5) is 14.1. The van der Waals surface area contributed by atoms with Crippen molar-refractivity contribution in [3.63, 3.8) is 0 Å². The molecule has 4 heteroatoms. The fourth-order valence-electron chi connectivity index (χ4n) is 2.57. The molecule has 0 heterocycles. The summed E-state index contributed by atoms with van der Waals surface area (Å²) in [6.07, 6.45) is -1.37. The molecule has 3 atom stereocenters. The number of aryl methyl sites for hydroxylation is 1. The van der Waals surface area contributed by atoms with Crippen LogP contribution in [-0.2, 0) is 4.79 Å². The summed E-state index contributed by atoms with van der Waals surface area (Å²) < 4.78 is 5.74. The fraction of sp³-hybridized carbons (Fsp3) is 0.350. The average Bonchev–Trinajstić information content (AvgIpc) is 2.59. The third-order valence-corrected chi connectivity index (χ3v) is 4.21. The first-order valence-corrected chi connectivity index (χ1v) is 8.13. The number of hydrogen-bond acceptors (Lipinski definition) is 3. The highest BCUT2D eigenvalue weighted by atomic mass is 16.5. The number of aliphatic hydroxyl groups is 1. The molecule has 128 valence electrons. The summed E-state index contributed by atoms with van der Waals surface area (Å²) in [7, 11) is 1.69. The van der Waals surface area contributed by atoms with Gasteiger partial charge in [0.1, 0.15) is 5.75 Å². The SMILES string of the molecule is Cc1cccc(OC(C)C(=O)N(C)C(C)C(O)c2ccccc2)c1. The van der Waals surface area contributed by atoms with E-state index in [-0.39, 0.29) is 11.9 Å². The maximum absolute atomic E-state index is 12.6. The zero-order valence-corrected chi connectivity index (χ0v) is 14.6. The Morgan fingerprint density at radius 1 is 1.08 bits per heavy atom. The lowest BCUT2D eigenvalue weighted by atomic mass is 10.0. The molecule has 0 radical (unpaired) electrons. The van der Waals surface area contributed by atoms with Crippen LogP contribution < -0.4 is 4.74 Å². The fourth-order valence-corrected chi connectivity index (χ4v) is 2.57. The predicted octanol–water partition coefficient (Wildman–Crippen LogP) is 3.34. The van der Waals surface area contributed by atoms with Crippen molar-refractivity contribution in [1.29, 1.82) is 0 Å². The van der Waals surface area contributed by atoms with Crippen LogP contribution >= 0.6 is 0 Å². The standard InChI is InChI=1S/C20H25NO3/c1-14-9-8-12-18(13-14)24-16(3)20(23)21(4)15(2)19(22)17-10-6-5-7-11-17/h5-13,15-16,19,22H,1-4H3. The van der Waals surface area contributed by atoms with E-state index in [2.05, 4.69) is 0 Å². The number of carbonyl (C=O) groups is 1. The Morgan fingerprint density at radius 2 is 1.75 bits per heavy atom. The van der Waals surface area contributed by atoms with Gasteiger partial charge < -0.3 is 14.7 Å². The molecule has 0 fully saturated rings. The second-order valence-corrected chi connectivity index (χ2v) is 6.12. The van der Waals surface area contributed by atoms with Crippen LogP contribution in [0, 0.1) is 6.92 Å². The smallest absolute Gasteiger partial charge is 0.263 e. The highest BCUT2D eigenvalue weighted by Gasteiger charge is 2.28. The van der Waals surface area contributed by atoms with Crippen LogP contribution in [0.1, 0.15) is 31.1 Å². The van der Waals surface area contributed by atoms with Crippen molar-refractivity contribution in [2.45, 2.75) is 39.0 Å². The molecule has 4 nitrogen and oxygen atoms in total. The Morgan fingerprint density at radius 3 is 2.38 bits per heavy atom. The Hall–Kier alpha value is -2.33. The molecule has 0 spiro atoms. The Bertz CT molecular complexity index is 672. The number of likely N-dealkylation sites (N-methyl/N-ethyl adjacent to an activating group) is 1. The maximum Gasteiger partial charge on any atom is 0.263 e. The molecule has 0 saturated carbocycles. The van der Waals surface area contributed by atoms with Gasteiger partial charge in [0.05, 0.1) is 12.1 Å². The number of amides is 1. The van der Waals surface area contributed by atoms with E-state index in [1.54, 1.807) is 14.0 Å². The highest BCUT2D eigenvalue weighted by Crippen LogP contribution is 2.21. The third-order valence-electron chi connectivity index (χ3n) is 4.21. The summed E-state index contributed by atoms with van der Waals surface area (Å²) in [6, 6.07) is 16.6. The van der Waals surface area contributed by atoms with Crippen LogP contribution in [-0.4, -0.2) is 35.1 Å². The van der Waals surface area contributed by atoms with Gasteiger partial charge in [0, 0.05) is 7.05 Å². The third kappa shape index (κ3) is 4.36. The topological polar surface area (TPSA) is 49.8 Å². The van der Waals surface area contributed by atoms with Gasteiger partial charge >= 0.3 is 0 Å². The van der Waals surface area contributed by atoms with Crippen molar-refractivity contribution in [2.75, 3.05) is 7.05 Å². The van der Waals surface area contributed by atoms with E-state index in [9.17, 15) is 9.90 Å². The quantitative estimate of drug-likeness (QED) is 0.885. The number of benzene rings is 2. The molecular formula is C20H25NO3. The lowest BCUT2D eigenvalue weighted by Gasteiger charge is -2.31. The molecule has 1 N–H and O–H groups in total. The van der Waals surface area contributed by atoms with Crippen LogP contribution in [0.4, 0.5) is 0 Å². The molecule has 2 aromatic rings. The van der Waals surface area contributed by atoms with Crippen LogP contribution in [0.3, 0.4) is 0 Å². The normalized spacial score (nSPS) is 14.5. The second kappa shape index (κ2) is 7.97. The van der Waals surface area contributed by atoms with Crippen LogP contribution in [0.25, 0.3) is 0 Å². The zero-order valence-electron chi connectivity index (χ0n) is 14.6. The molecule has 0 aliphatic rings. The summed E-state index contributed by atoms with van der Waals surface area (Å²) >= 11 is 0. The van der Waals surface area contributed by atoms with E-state index in [4.69, 9.17) is 4.74 Å². The monoisotopic (exact) mass is 327 g/mol. The van der Waals surface area contributed by atoms with E-state index in [1.165, 1.54) is 4.90 Å². The molecule has 0 bridgehead atoms. The van der Waals surface area contributed by atoms with E-state index >= 15 is 0 Å². The van der Waals surface area contributed by atoms with E-state index < -0.39 is 12.2 Å². The van der Waals surface area contributed by atoms with Crippen molar-refractivity contribution in [3.8, 4) is 5.75 Å². The number of nitrogens with zero attached hydrogens (tertiary/aromatic N) is 1.